The van der Waals surface area contributed by atoms with Gasteiger partial charge in [0.25, 0.3) is 0 Å². The molecule has 3 fully saturated rings. The van der Waals surface area contributed by atoms with Crippen molar-refractivity contribution in [2.24, 2.45) is 23.7 Å². The summed E-state index contributed by atoms with van der Waals surface area (Å²) in [7, 11) is 0. The van der Waals surface area contributed by atoms with Crippen molar-refractivity contribution in [3.63, 3.8) is 0 Å². The topological polar surface area (TPSA) is 86.2 Å². The van der Waals surface area contributed by atoms with Crippen molar-refractivity contribution < 1.29 is 0 Å². The Morgan fingerprint density at radius 3 is 1.44 bits per heavy atom. The highest BCUT2D eigenvalue weighted by atomic mass is 15.0. The Labute approximate surface area is 293 Å². The minimum atomic E-state index is 0.279. The Kier molecular flexibility index (Phi) is 7.18. The largest absolute Gasteiger partial charge is 0.208 e. The van der Waals surface area contributed by atoms with E-state index in [0.29, 0.717) is 28.6 Å². The standard InChI is InChI=1S/C45H35N5/c1-45(24-38-22-37-23-39(25-45)41(37)38)40-19-17-32(18-20-40)35-3-2-4-36(21-35)44-49-42(33-11-7-29(27-47)8-12-33)48-43(50-44)34-15-13-31(14-16-34)30-9-5-28(26-46)6-10-30/h2-21,37-39,41H,22-25H2,1H3/t37?,38-,39+,41-,45?. The zero-order valence-corrected chi connectivity index (χ0v) is 27.9. The summed E-state index contributed by atoms with van der Waals surface area (Å²) in [6.07, 6.45) is 5.58. The Balaban J connectivity index is 1.05. The van der Waals surface area contributed by atoms with Crippen LogP contribution >= 0.6 is 0 Å². The first-order valence-corrected chi connectivity index (χ1v) is 17.6. The molecular formula is C45H35N5. The van der Waals surface area contributed by atoms with E-state index in [9.17, 15) is 10.5 Å². The van der Waals surface area contributed by atoms with E-state index in [1.165, 1.54) is 36.8 Å². The molecule has 3 aliphatic rings. The van der Waals surface area contributed by atoms with Crippen molar-refractivity contribution in [3.8, 4) is 68.6 Å². The average Bonchev–Trinajstić information content (AvgIpc) is 3.16. The number of benzene rings is 5. The first-order valence-electron chi connectivity index (χ1n) is 17.6. The fourth-order valence-electron chi connectivity index (χ4n) is 9.09. The zero-order valence-electron chi connectivity index (χ0n) is 27.9. The van der Waals surface area contributed by atoms with Gasteiger partial charge in [0.1, 0.15) is 0 Å². The van der Waals surface area contributed by atoms with E-state index in [1.807, 2.05) is 60.7 Å². The van der Waals surface area contributed by atoms with Crippen molar-refractivity contribution in [2.75, 3.05) is 0 Å². The van der Waals surface area contributed by atoms with Crippen LogP contribution in [0.1, 0.15) is 49.3 Å². The molecule has 5 aromatic carbocycles. The average molecular weight is 646 g/mol. The van der Waals surface area contributed by atoms with Crippen molar-refractivity contribution >= 4 is 0 Å². The molecule has 0 N–H and O–H groups in total. The molecule has 5 heteroatoms. The van der Waals surface area contributed by atoms with Gasteiger partial charge in [0.05, 0.1) is 23.3 Å². The van der Waals surface area contributed by atoms with Gasteiger partial charge in [-0.15, -0.1) is 0 Å². The second kappa shape index (κ2) is 11.9. The Hall–Kier alpha value is -5.91. The molecule has 3 saturated carbocycles. The number of hydrogen-bond acceptors (Lipinski definition) is 5. The first-order chi connectivity index (χ1) is 24.5. The van der Waals surface area contributed by atoms with E-state index < -0.39 is 0 Å². The van der Waals surface area contributed by atoms with E-state index >= 15 is 0 Å². The van der Waals surface area contributed by atoms with E-state index in [-0.39, 0.29) is 5.41 Å². The lowest BCUT2D eigenvalue weighted by Crippen LogP contribution is -2.58. The molecule has 0 aliphatic heterocycles. The van der Waals surface area contributed by atoms with Crippen LogP contribution in [0.4, 0.5) is 0 Å². The van der Waals surface area contributed by atoms with Gasteiger partial charge < -0.3 is 0 Å². The third-order valence-corrected chi connectivity index (χ3v) is 11.7. The van der Waals surface area contributed by atoms with Gasteiger partial charge in [-0.05, 0) is 125 Å². The lowest BCUT2D eigenvalue weighted by Gasteiger charge is -2.65. The van der Waals surface area contributed by atoms with Crippen LogP contribution in [-0.2, 0) is 5.41 Å². The van der Waals surface area contributed by atoms with E-state index in [0.717, 1.165) is 57.1 Å². The summed E-state index contributed by atoms with van der Waals surface area (Å²) in [4.78, 5) is 14.9. The van der Waals surface area contributed by atoms with Crippen molar-refractivity contribution in [1.82, 2.24) is 15.0 Å². The van der Waals surface area contributed by atoms with Crippen LogP contribution in [0, 0.1) is 46.3 Å². The molecule has 2 unspecified atom stereocenters. The molecule has 0 saturated heterocycles. The lowest BCUT2D eigenvalue weighted by molar-refractivity contribution is -0.141. The minimum absolute atomic E-state index is 0.279. The Morgan fingerprint density at radius 1 is 0.500 bits per heavy atom. The maximum atomic E-state index is 9.36. The van der Waals surface area contributed by atoms with Gasteiger partial charge in [0.15, 0.2) is 17.5 Å². The van der Waals surface area contributed by atoms with Crippen LogP contribution in [0.5, 0.6) is 0 Å². The fourth-order valence-corrected chi connectivity index (χ4v) is 9.09. The Bertz CT molecular complexity index is 2290. The van der Waals surface area contributed by atoms with Crippen LogP contribution < -0.4 is 0 Å². The third-order valence-electron chi connectivity index (χ3n) is 11.7. The smallest absolute Gasteiger partial charge is 0.164 e. The highest BCUT2D eigenvalue weighted by Gasteiger charge is 2.59. The molecule has 9 rings (SSSR count). The van der Waals surface area contributed by atoms with Gasteiger partial charge in [0.2, 0.25) is 0 Å². The van der Waals surface area contributed by atoms with Crippen LogP contribution in [0.3, 0.4) is 0 Å². The molecule has 0 radical (unpaired) electrons. The quantitative estimate of drug-likeness (QED) is 0.180. The van der Waals surface area contributed by atoms with Gasteiger partial charge in [-0.25, -0.2) is 15.0 Å². The summed E-state index contributed by atoms with van der Waals surface area (Å²) in [6.45, 7) is 2.49. The number of nitriles is 2. The lowest BCUT2D eigenvalue weighted by atomic mass is 9.39. The minimum Gasteiger partial charge on any atom is -0.208 e. The summed E-state index contributed by atoms with van der Waals surface area (Å²) in [6, 6.07) is 45.2. The first kappa shape index (κ1) is 30.2. The van der Waals surface area contributed by atoms with Gasteiger partial charge in [-0.3, -0.25) is 0 Å². The van der Waals surface area contributed by atoms with Gasteiger partial charge in [-0.1, -0.05) is 85.8 Å². The maximum Gasteiger partial charge on any atom is 0.164 e. The molecule has 3 aliphatic carbocycles. The second-order valence-electron chi connectivity index (χ2n) is 14.7. The van der Waals surface area contributed by atoms with Crippen molar-refractivity contribution in [3.05, 3.63) is 138 Å². The monoisotopic (exact) mass is 645 g/mol. The number of aromatic nitrogens is 3. The SMILES string of the molecule is CC1(c2ccc(-c3cccc(-c4nc(-c5ccc(C#N)cc5)nc(-c5ccc(-c6ccc(C#N)cc6)cc5)n4)c3)cc2)C[C@H]2CC3C[C@@H](C1)[C@H]32. The van der Waals surface area contributed by atoms with E-state index in [4.69, 9.17) is 15.0 Å². The fraction of sp³-hybridized carbons (Fsp3) is 0.222. The third kappa shape index (κ3) is 5.27. The number of hydrogen-bond donors (Lipinski definition) is 0. The number of rotatable bonds is 6. The molecular weight excluding hydrogens is 611 g/mol. The predicted molar refractivity (Wildman–Crippen MR) is 196 cm³/mol. The van der Waals surface area contributed by atoms with Crippen LogP contribution in [-0.4, -0.2) is 15.0 Å². The Morgan fingerprint density at radius 2 is 0.920 bits per heavy atom. The molecule has 5 nitrogen and oxygen atoms in total. The summed E-state index contributed by atoms with van der Waals surface area (Å²) >= 11 is 0. The zero-order chi connectivity index (χ0) is 33.8. The molecule has 0 bridgehead atoms. The molecule has 0 amide bonds. The van der Waals surface area contributed by atoms with Crippen molar-refractivity contribution in [1.29, 1.82) is 10.5 Å². The molecule has 0 spiro atoms. The van der Waals surface area contributed by atoms with Gasteiger partial charge in [-0.2, -0.15) is 10.5 Å². The molecule has 1 heterocycles. The van der Waals surface area contributed by atoms with E-state index in [1.54, 1.807) is 12.1 Å². The predicted octanol–water partition coefficient (Wildman–Crippen LogP) is 10.3. The van der Waals surface area contributed by atoms with Crippen LogP contribution in [0.25, 0.3) is 56.4 Å². The highest BCUT2D eigenvalue weighted by molar-refractivity contribution is 5.74. The van der Waals surface area contributed by atoms with Crippen LogP contribution in [0.2, 0.25) is 0 Å². The normalized spacial score (nSPS) is 23.0. The summed E-state index contributed by atoms with van der Waals surface area (Å²) < 4.78 is 0. The van der Waals surface area contributed by atoms with Gasteiger partial charge in [0, 0.05) is 16.7 Å². The number of nitrogens with zero attached hydrogens (tertiary/aromatic N) is 5. The van der Waals surface area contributed by atoms with E-state index in [2.05, 4.69) is 67.6 Å². The molecule has 240 valence electrons. The molecule has 5 atom stereocenters. The summed E-state index contributed by atoms with van der Waals surface area (Å²) in [5.41, 5.74) is 9.95. The van der Waals surface area contributed by atoms with Crippen LogP contribution in [0.15, 0.2) is 121 Å². The second-order valence-corrected chi connectivity index (χ2v) is 14.7. The summed E-state index contributed by atoms with van der Waals surface area (Å²) in [5, 5.41) is 18.5. The molecule has 1 aromatic heterocycles. The van der Waals surface area contributed by atoms with Crippen molar-refractivity contribution in [2.45, 2.75) is 38.0 Å². The maximum absolute atomic E-state index is 9.36. The molecule has 50 heavy (non-hydrogen) atoms. The molecule has 6 aromatic rings. The highest BCUT2D eigenvalue weighted by Crippen LogP contribution is 2.67. The van der Waals surface area contributed by atoms with Gasteiger partial charge >= 0.3 is 0 Å². The summed E-state index contributed by atoms with van der Waals surface area (Å²) in [5.74, 6) is 5.67.